The molecule has 0 amide bonds. The van der Waals surface area contributed by atoms with Gasteiger partial charge in [0.2, 0.25) is 0 Å². The van der Waals surface area contributed by atoms with E-state index in [1.165, 1.54) is 6.07 Å². The molecular formula is C12H12ClFN2. The van der Waals surface area contributed by atoms with E-state index in [1.54, 1.807) is 12.1 Å². The lowest BCUT2D eigenvalue weighted by atomic mass is 10.2. The van der Waals surface area contributed by atoms with Crippen LogP contribution in [0.4, 0.5) is 4.39 Å². The summed E-state index contributed by atoms with van der Waals surface area (Å²) in [5.41, 5.74) is 7.15. The van der Waals surface area contributed by atoms with Gasteiger partial charge in [-0.25, -0.2) is 4.39 Å². The second kappa shape index (κ2) is 4.68. The predicted molar refractivity (Wildman–Crippen MR) is 62.8 cm³/mol. The minimum atomic E-state index is -0.282. The topological polar surface area (TPSA) is 30.9 Å². The molecule has 1 aromatic heterocycles. The third kappa shape index (κ3) is 2.43. The number of rotatable bonds is 3. The van der Waals surface area contributed by atoms with Crippen molar-refractivity contribution in [3.63, 3.8) is 0 Å². The molecule has 0 aliphatic heterocycles. The first kappa shape index (κ1) is 11.2. The van der Waals surface area contributed by atoms with Crippen LogP contribution >= 0.6 is 11.6 Å². The van der Waals surface area contributed by atoms with Crippen LogP contribution in [0.2, 0.25) is 5.02 Å². The minimum absolute atomic E-state index is 0.282. The summed E-state index contributed by atoms with van der Waals surface area (Å²) >= 11 is 5.68. The van der Waals surface area contributed by atoms with Crippen molar-refractivity contribution in [1.29, 1.82) is 0 Å². The van der Waals surface area contributed by atoms with Crippen LogP contribution in [0, 0.1) is 5.82 Å². The van der Waals surface area contributed by atoms with E-state index in [1.807, 2.05) is 23.0 Å². The summed E-state index contributed by atoms with van der Waals surface area (Å²) in [6.07, 6.45) is 3.80. The highest BCUT2D eigenvalue weighted by Gasteiger charge is 2.03. The molecule has 0 saturated heterocycles. The lowest BCUT2D eigenvalue weighted by Gasteiger charge is -2.05. The van der Waals surface area contributed by atoms with Crippen LogP contribution in [0.1, 0.15) is 11.1 Å². The van der Waals surface area contributed by atoms with E-state index >= 15 is 0 Å². The summed E-state index contributed by atoms with van der Waals surface area (Å²) in [5, 5.41) is 0.413. The fraction of sp³-hybridized carbons (Fsp3) is 0.167. The largest absolute Gasteiger partial charge is 0.349 e. The quantitative estimate of drug-likeness (QED) is 0.876. The Morgan fingerprint density at radius 1 is 1.31 bits per heavy atom. The van der Waals surface area contributed by atoms with E-state index in [0.717, 1.165) is 5.56 Å². The van der Waals surface area contributed by atoms with Crippen LogP contribution in [-0.2, 0) is 13.1 Å². The van der Waals surface area contributed by atoms with Crippen molar-refractivity contribution < 1.29 is 4.39 Å². The van der Waals surface area contributed by atoms with Gasteiger partial charge in [0.1, 0.15) is 5.82 Å². The molecule has 0 bridgehead atoms. The molecule has 2 nitrogen and oxygen atoms in total. The number of benzene rings is 1. The highest BCUT2D eigenvalue weighted by Crippen LogP contribution is 2.16. The lowest BCUT2D eigenvalue weighted by molar-refractivity contribution is 0.600. The summed E-state index contributed by atoms with van der Waals surface area (Å²) in [4.78, 5) is 0. The highest BCUT2D eigenvalue weighted by atomic mass is 35.5. The second-order valence-corrected chi connectivity index (χ2v) is 4.07. The Morgan fingerprint density at radius 2 is 2.12 bits per heavy atom. The number of nitrogens with two attached hydrogens (primary N) is 1. The maximum atomic E-state index is 13.5. The molecule has 2 N–H and O–H groups in total. The van der Waals surface area contributed by atoms with Crippen molar-refractivity contribution in [3.05, 3.63) is 58.6 Å². The molecule has 0 fully saturated rings. The normalized spacial score (nSPS) is 10.7. The fourth-order valence-electron chi connectivity index (χ4n) is 1.56. The summed E-state index contributed by atoms with van der Waals surface area (Å²) in [7, 11) is 0. The second-order valence-electron chi connectivity index (χ2n) is 3.63. The highest BCUT2D eigenvalue weighted by molar-refractivity contribution is 6.30. The zero-order chi connectivity index (χ0) is 11.5. The summed E-state index contributed by atoms with van der Waals surface area (Å²) in [5.74, 6) is -0.282. The predicted octanol–water partition coefficient (Wildman–Crippen LogP) is 2.79. The van der Waals surface area contributed by atoms with Crippen molar-refractivity contribution >= 4 is 11.6 Å². The third-order valence-electron chi connectivity index (χ3n) is 2.42. The summed E-state index contributed by atoms with van der Waals surface area (Å²) in [6, 6.07) is 6.63. The van der Waals surface area contributed by atoms with Crippen molar-refractivity contribution in [2.45, 2.75) is 13.1 Å². The zero-order valence-corrected chi connectivity index (χ0v) is 9.41. The Bertz CT molecular complexity index is 494. The maximum Gasteiger partial charge on any atom is 0.129 e. The molecule has 1 aromatic carbocycles. The van der Waals surface area contributed by atoms with E-state index < -0.39 is 0 Å². The van der Waals surface area contributed by atoms with Gasteiger partial charge in [0.05, 0.1) is 0 Å². The number of nitrogens with zero attached hydrogens (tertiary/aromatic N) is 1. The van der Waals surface area contributed by atoms with E-state index in [9.17, 15) is 4.39 Å². The van der Waals surface area contributed by atoms with Gasteiger partial charge in [0.25, 0.3) is 0 Å². The van der Waals surface area contributed by atoms with Gasteiger partial charge in [-0.2, -0.15) is 0 Å². The van der Waals surface area contributed by atoms with Gasteiger partial charge in [-0.15, -0.1) is 0 Å². The van der Waals surface area contributed by atoms with Crippen molar-refractivity contribution in [2.75, 3.05) is 0 Å². The van der Waals surface area contributed by atoms with Gasteiger partial charge in [-0.3, -0.25) is 0 Å². The van der Waals surface area contributed by atoms with Gasteiger partial charge in [-0.05, 0) is 23.8 Å². The Labute approximate surface area is 98.4 Å². The first-order chi connectivity index (χ1) is 7.69. The number of halogens is 2. The van der Waals surface area contributed by atoms with Crippen LogP contribution in [-0.4, -0.2) is 4.57 Å². The molecule has 84 valence electrons. The summed E-state index contributed by atoms with van der Waals surface area (Å²) in [6.45, 7) is 0.985. The first-order valence-corrected chi connectivity index (χ1v) is 5.35. The van der Waals surface area contributed by atoms with Gasteiger partial charge in [0.15, 0.2) is 0 Å². The zero-order valence-electron chi connectivity index (χ0n) is 8.66. The molecule has 2 rings (SSSR count). The number of aromatic nitrogens is 1. The Kier molecular flexibility index (Phi) is 3.27. The van der Waals surface area contributed by atoms with Gasteiger partial charge in [0, 0.05) is 36.1 Å². The number of hydrogen-bond donors (Lipinski definition) is 1. The number of hydrogen-bond acceptors (Lipinski definition) is 1. The molecule has 0 spiro atoms. The lowest BCUT2D eigenvalue weighted by Crippen LogP contribution is -2.00. The van der Waals surface area contributed by atoms with Crippen LogP contribution < -0.4 is 5.73 Å². The molecule has 0 radical (unpaired) electrons. The molecule has 0 unspecified atom stereocenters. The molecule has 4 heteroatoms. The van der Waals surface area contributed by atoms with Gasteiger partial charge < -0.3 is 10.3 Å². The van der Waals surface area contributed by atoms with Crippen LogP contribution in [0.25, 0.3) is 0 Å². The molecule has 0 aliphatic rings. The van der Waals surface area contributed by atoms with Crippen molar-refractivity contribution in [2.24, 2.45) is 5.73 Å². The average Bonchev–Trinajstić information content (AvgIpc) is 2.70. The molecule has 1 heterocycles. The average molecular weight is 239 g/mol. The Hall–Kier alpha value is -1.32. The third-order valence-corrected chi connectivity index (χ3v) is 2.65. The monoisotopic (exact) mass is 238 g/mol. The van der Waals surface area contributed by atoms with E-state index in [-0.39, 0.29) is 5.82 Å². The molecule has 0 aliphatic carbocycles. The minimum Gasteiger partial charge on any atom is -0.349 e. The smallest absolute Gasteiger partial charge is 0.129 e. The molecular weight excluding hydrogens is 227 g/mol. The standard InChI is InChI=1S/C12H12ClFN2/c13-11-2-1-10(12(14)5-11)8-16-4-3-9(6-15)7-16/h1-5,7H,6,8,15H2. The van der Waals surface area contributed by atoms with Crippen LogP contribution in [0.5, 0.6) is 0 Å². The molecule has 16 heavy (non-hydrogen) atoms. The van der Waals surface area contributed by atoms with E-state index in [4.69, 9.17) is 17.3 Å². The maximum absolute atomic E-state index is 13.5. The molecule has 2 aromatic rings. The van der Waals surface area contributed by atoms with Crippen molar-refractivity contribution in [1.82, 2.24) is 4.57 Å². The summed E-state index contributed by atoms with van der Waals surface area (Å²) < 4.78 is 15.4. The van der Waals surface area contributed by atoms with Gasteiger partial charge >= 0.3 is 0 Å². The Morgan fingerprint density at radius 3 is 2.75 bits per heavy atom. The molecule has 0 saturated carbocycles. The fourth-order valence-corrected chi connectivity index (χ4v) is 1.72. The molecule has 0 atom stereocenters. The van der Waals surface area contributed by atoms with Gasteiger partial charge in [-0.1, -0.05) is 17.7 Å². The van der Waals surface area contributed by atoms with Crippen molar-refractivity contribution in [3.8, 4) is 0 Å². The van der Waals surface area contributed by atoms with Crippen LogP contribution in [0.3, 0.4) is 0 Å². The first-order valence-electron chi connectivity index (χ1n) is 4.97. The van der Waals surface area contributed by atoms with E-state index in [0.29, 0.717) is 23.7 Å². The SMILES string of the molecule is NCc1ccn(Cc2ccc(Cl)cc2F)c1. The van der Waals surface area contributed by atoms with E-state index in [2.05, 4.69) is 0 Å². The Balaban J connectivity index is 2.20. The van der Waals surface area contributed by atoms with Crippen LogP contribution in [0.15, 0.2) is 36.7 Å².